The Kier molecular flexibility index (Phi) is 3.80. The van der Waals surface area contributed by atoms with Crippen LogP contribution < -0.4 is 10.6 Å². The molecule has 1 saturated heterocycles. The van der Waals surface area contributed by atoms with Gasteiger partial charge in [0.05, 0.1) is 5.92 Å². The molecule has 1 unspecified atom stereocenters. The van der Waals surface area contributed by atoms with Gasteiger partial charge >= 0.3 is 0 Å². The van der Waals surface area contributed by atoms with Crippen molar-refractivity contribution in [3.05, 3.63) is 0 Å². The van der Waals surface area contributed by atoms with E-state index in [0.29, 0.717) is 19.4 Å². The maximum Gasteiger partial charge on any atom is 0.224 e. The minimum absolute atomic E-state index is 0.0152. The minimum atomic E-state index is -0.0152. The van der Waals surface area contributed by atoms with Crippen molar-refractivity contribution in [3.63, 3.8) is 0 Å². The molecule has 16 heavy (non-hydrogen) atoms. The average molecular weight is 224 g/mol. The molecular weight excluding hydrogens is 204 g/mol. The summed E-state index contributed by atoms with van der Waals surface area (Å²) in [6, 6.07) is 0. The highest BCUT2D eigenvalue weighted by Gasteiger charge is 2.24. The predicted molar refractivity (Wildman–Crippen MR) is 60.7 cm³/mol. The topological polar surface area (TPSA) is 58.2 Å². The zero-order valence-electron chi connectivity index (χ0n) is 9.63. The van der Waals surface area contributed by atoms with E-state index < -0.39 is 0 Å². The molecular formula is C12H20N2O2. The van der Waals surface area contributed by atoms with Crippen molar-refractivity contribution in [3.8, 4) is 0 Å². The Bertz CT molecular complexity index is 264. The standard InChI is InChI=1S/C12H20N2O2/c15-11-6-5-10(8-14-11)12(16)13-7-1-2-9-3-4-9/h9-10H,1-8H2,(H,13,16)(H,14,15). The van der Waals surface area contributed by atoms with E-state index in [-0.39, 0.29) is 17.7 Å². The van der Waals surface area contributed by atoms with Crippen LogP contribution in [0.3, 0.4) is 0 Å². The van der Waals surface area contributed by atoms with Crippen LogP contribution >= 0.6 is 0 Å². The minimum Gasteiger partial charge on any atom is -0.356 e. The normalized spacial score (nSPS) is 25.0. The van der Waals surface area contributed by atoms with Gasteiger partial charge in [-0.2, -0.15) is 0 Å². The summed E-state index contributed by atoms with van der Waals surface area (Å²) in [5.41, 5.74) is 0. The lowest BCUT2D eigenvalue weighted by Crippen LogP contribution is -2.43. The van der Waals surface area contributed by atoms with Crippen molar-refractivity contribution in [1.29, 1.82) is 0 Å². The van der Waals surface area contributed by atoms with Gasteiger partial charge in [0.1, 0.15) is 0 Å². The number of piperidine rings is 1. The summed E-state index contributed by atoms with van der Waals surface area (Å²) in [5.74, 6) is 1.10. The van der Waals surface area contributed by atoms with Crippen LogP contribution in [-0.2, 0) is 9.59 Å². The average Bonchev–Trinajstić information content (AvgIpc) is 3.09. The molecule has 0 radical (unpaired) electrons. The largest absolute Gasteiger partial charge is 0.356 e. The molecule has 0 aromatic heterocycles. The highest BCUT2D eigenvalue weighted by atomic mass is 16.2. The van der Waals surface area contributed by atoms with Crippen LogP contribution in [0.2, 0.25) is 0 Å². The van der Waals surface area contributed by atoms with E-state index in [1.54, 1.807) is 0 Å². The number of nitrogens with one attached hydrogen (secondary N) is 2. The van der Waals surface area contributed by atoms with Crippen molar-refractivity contribution < 1.29 is 9.59 Å². The molecule has 4 nitrogen and oxygen atoms in total. The quantitative estimate of drug-likeness (QED) is 0.679. The number of carbonyl (C=O) groups is 2. The smallest absolute Gasteiger partial charge is 0.224 e. The van der Waals surface area contributed by atoms with Gasteiger partial charge in [0.25, 0.3) is 0 Å². The molecule has 0 spiro atoms. The van der Waals surface area contributed by atoms with E-state index in [4.69, 9.17) is 0 Å². The fourth-order valence-corrected chi connectivity index (χ4v) is 2.11. The van der Waals surface area contributed by atoms with Gasteiger partial charge in [-0.15, -0.1) is 0 Å². The lowest BCUT2D eigenvalue weighted by molar-refractivity contribution is -0.128. The van der Waals surface area contributed by atoms with E-state index in [9.17, 15) is 9.59 Å². The molecule has 2 rings (SSSR count). The Hall–Kier alpha value is -1.06. The van der Waals surface area contributed by atoms with E-state index in [2.05, 4.69) is 10.6 Å². The van der Waals surface area contributed by atoms with Crippen LogP contribution in [0, 0.1) is 11.8 Å². The van der Waals surface area contributed by atoms with Gasteiger partial charge in [-0.05, 0) is 25.2 Å². The van der Waals surface area contributed by atoms with Crippen LogP contribution in [0.5, 0.6) is 0 Å². The van der Waals surface area contributed by atoms with Crippen molar-refractivity contribution in [2.45, 2.75) is 38.5 Å². The van der Waals surface area contributed by atoms with Crippen molar-refractivity contribution >= 4 is 11.8 Å². The summed E-state index contributed by atoms with van der Waals surface area (Å²) in [6.45, 7) is 1.30. The van der Waals surface area contributed by atoms with Gasteiger partial charge in [-0.3, -0.25) is 9.59 Å². The first-order chi connectivity index (χ1) is 7.75. The zero-order chi connectivity index (χ0) is 11.4. The third-order valence-corrected chi connectivity index (χ3v) is 3.42. The second kappa shape index (κ2) is 5.32. The molecule has 4 heteroatoms. The maximum atomic E-state index is 11.7. The molecule has 2 fully saturated rings. The van der Waals surface area contributed by atoms with Crippen LogP contribution in [0.1, 0.15) is 38.5 Å². The molecule has 1 atom stereocenters. The van der Waals surface area contributed by atoms with Crippen LogP contribution in [0.4, 0.5) is 0 Å². The Morgan fingerprint density at radius 2 is 2.19 bits per heavy atom. The maximum absolute atomic E-state index is 11.7. The molecule has 1 heterocycles. The lowest BCUT2D eigenvalue weighted by atomic mass is 9.98. The van der Waals surface area contributed by atoms with Crippen molar-refractivity contribution in [2.24, 2.45) is 11.8 Å². The van der Waals surface area contributed by atoms with Crippen LogP contribution in [0.15, 0.2) is 0 Å². The van der Waals surface area contributed by atoms with Gasteiger partial charge in [0.15, 0.2) is 0 Å². The Morgan fingerprint density at radius 3 is 2.81 bits per heavy atom. The van der Waals surface area contributed by atoms with Gasteiger partial charge in [0, 0.05) is 19.5 Å². The lowest BCUT2D eigenvalue weighted by Gasteiger charge is -2.21. The summed E-state index contributed by atoms with van der Waals surface area (Å²) in [7, 11) is 0. The highest BCUT2D eigenvalue weighted by molar-refractivity contribution is 5.83. The Morgan fingerprint density at radius 1 is 1.38 bits per heavy atom. The highest BCUT2D eigenvalue weighted by Crippen LogP contribution is 2.33. The second-order valence-electron chi connectivity index (χ2n) is 4.92. The van der Waals surface area contributed by atoms with Crippen LogP contribution in [0.25, 0.3) is 0 Å². The van der Waals surface area contributed by atoms with Gasteiger partial charge in [-0.1, -0.05) is 12.8 Å². The molecule has 2 N–H and O–H groups in total. The first-order valence-corrected chi connectivity index (χ1v) is 6.30. The first-order valence-electron chi connectivity index (χ1n) is 6.30. The van der Waals surface area contributed by atoms with Crippen LogP contribution in [-0.4, -0.2) is 24.9 Å². The summed E-state index contributed by atoms with van der Waals surface area (Å²) in [4.78, 5) is 22.6. The molecule has 1 saturated carbocycles. The van der Waals surface area contributed by atoms with Gasteiger partial charge in [-0.25, -0.2) is 0 Å². The third kappa shape index (κ3) is 3.51. The number of amides is 2. The van der Waals surface area contributed by atoms with E-state index in [1.807, 2.05) is 0 Å². The Labute approximate surface area is 96.2 Å². The molecule has 0 aromatic rings. The number of hydrogen-bond donors (Lipinski definition) is 2. The first kappa shape index (κ1) is 11.4. The molecule has 1 aliphatic heterocycles. The molecule has 90 valence electrons. The van der Waals surface area contributed by atoms with Gasteiger partial charge in [0.2, 0.25) is 11.8 Å². The molecule has 2 aliphatic rings. The number of rotatable bonds is 5. The SMILES string of the molecule is O=C1CCC(C(=O)NCCCC2CC2)CN1. The summed E-state index contributed by atoms with van der Waals surface area (Å²) >= 11 is 0. The van der Waals surface area contributed by atoms with E-state index in [0.717, 1.165) is 18.9 Å². The molecule has 0 aromatic carbocycles. The fraction of sp³-hybridized carbons (Fsp3) is 0.833. The summed E-state index contributed by atoms with van der Waals surface area (Å²) in [5, 5.41) is 5.69. The molecule has 1 aliphatic carbocycles. The Balaban J connectivity index is 1.57. The van der Waals surface area contributed by atoms with Crippen molar-refractivity contribution in [2.75, 3.05) is 13.1 Å². The summed E-state index contributed by atoms with van der Waals surface area (Å²) < 4.78 is 0. The third-order valence-electron chi connectivity index (χ3n) is 3.42. The molecule has 0 bridgehead atoms. The van der Waals surface area contributed by atoms with Gasteiger partial charge < -0.3 is 10.6 Å². The zero-order valence-corrected chi connectivity index (χ0v) is 9.63. The fourth-order valence-electron chi connectivity index (χ4n) is 2.11. The molecule has 2 amide bonds. The summed E-state index contributed by atoms with van der Waals surface area (Å²) in [6.07, 6.45) is 6.28. The van der Waals surface area contributed by atoms with E-state index in [1.165, 1.54) is 19.3 Å². The number of hydrogen-bond acceptors (Lipinski definition) is 2. The van der Waals surface area contributed by atoms with E-state index >= 15 is 0 Å². The number of carbonyl (C=O) groups excluding carboxylic acids is 2. The van der Waals surface area contributed by atoms with Crippen molar-refractivity contribution in [1.82, 2.24) is 10.6 Å². The second-order valence-corrected chi connectivity index (χ2v) is 4.92. The predicted octanol–water partition coefficient (Wildman–Crippen LogP) is 0.819. The monoisotopic (exact) mass is 224 g/mol.